The zero-order valence-corrected chi connectivity index (χ0v) is 20.0. The van der Waals surface area contributed by atoms with Crippen LogP contribution in [0.25, 0.3) is 0 Å². The van der Waals surface area contributed by atoms with Crippen molar-refractivity contribution in [1.29, 1.82) is 0 Å². The van der Waals surface area contributed by atoms with Crippen LogP contribution in [0, 0.1) is 0 Å². The minimum Gasteiger partial charge on any atom is -0.496 e. The zero-order valence-electron chi connectivity index (χ0n) is 18.4. The van der Waals surface area contributed by atoms with Crippen LogP contribution in [0.4, 0.5) is 0 Å². The largest absolute Gasteiger partial charge is 0.496 e. The van der Waals surface area contributed by atoms with Crippen molar-refractivity contribution in [2.75, 3.05) is 44.8 Å². The first kappa shape index (κ1) is 22.9. The summed E-state index contributed by atoms with van der Waals surface area (Å²) in [7, 11) is 1.49. The molecule has 2 aromatic heterocycles. The molecule has 4 heterocycles. The predicted molar refractivity (Wildman–Crippen MR) is 128 cm³/mol. The molecule has 1 saturated heterocycles. The number of thiophene rings is 1. The van der Waals surface area contributed by atoms with Crippen molar-refractivity contribution in [3.05, 3.63) is 50.1 Å². The summed E-state index contributed by atoms with van der Waals surface area (Å²) in [5.74, 6) is 2.19. The van der Waals surface area contributed by atoms with Crippen LogP contribution in [0.2, 0.25) is 0 Å². The summed E-state index contributed by atoms with van der Waals surface area (Å²) >= 11 is 3.55. The molecule has 0 N–H and O–H groups in total. The van der Waals surface area contributed by atoms with Crippen molar-refractivity contribution in [1.82, 2.24) is 14.4 Å². The third-order valence-electron chi connectivity index (χ3n) is 6.07. The third-order valence-corrected chi connectivity index (χ3v) is 7.95. The second-order valence-corrected chi connectivity index (χ2v) is 10.2. The number of pyridine rings is 1. The number of fused-ring (bicyclic) bond motifs is 1. The Balaban J connectivity index is 1.50. The van der Waals surface area contributed by atoms with E-state index in [9.17, 15) is 14.4 Å². The molecule has 4 rings (SSSR count). The van der Waals surface area contributed by atoms with Crippen molar-refractivity contribution in [2.24, 2.45) is 0 Å². The molecule has 0 atom stereocenters. The van der Waals surface area contributed by atoms with E-state index in [-0.39, 0.29) is 17.4 Å². The van der Waals surface area contributed by atoms with E-state index in [4.69, 9.17) is 4.74 Å². The Kier molecular flexibility index (Phi) is 7.57. The van der Waals surface area contributed by atoms with Gasteiger partial charge in [0, 0.05) is 73.7 Å². The van der Waals surface area contributed by atoms with E-state index in [1.807, 2.05) is 27.6 Å². The highest BCUT2D eigenvalue weighted by molar-refractivity contribution is 7.99. The van der Waals surface area contributed by atoms with E-state index >= 15 is 0 Å². The third kappa shape index (κ3) is 5.04. The second kappa shape index (κ2) is 10.6. The van der Waals surface area contributed by atoms with Crippen molar-refractivity contribution in [3.8, 4) is 5.75 Å². The lowest BCUT2D eigenvalue weighted by Crippen LogP contribution is -2.39. The highest BCUT2D eigenvalue weighted by atomic mass is 32.2. The van der Waals surface area contributed by atoms with E-state index in [2.05, 4.69) is 11.4 Å². The van der Waals surface area contributed by atoms with Gasteiger partial charge in [-0.2, -0.15) is 11.8 Å². The maximum atomic E-state index is 13.4. The van der Waals surface area contributed by atoms with Gasteiger partial charge < -0.3 is 19.1 Å². The molecule has 0 aliphatic carbocycles. The van der Waals surface area contributed by atoms with Crippen LogP contribution in [0.3, 0.4) is 0 Å². The molecule has 0 spiro atoms. The first-order valence-corrected chi connectivity index (χ1v) is 13.1. The quantitative estimate of drug-likeness (QED) is 0.642. The Bertz CT molecular complexity index is 1010. The molecule has 0 radical (unpaired) electrons. The van der Waals surface area contributed by atoms with Crippen LogP contribution in [-0.2, 0) is 24.2 Å². The van der Waals surface area contributed by atoms with Gasteiger partial charge in [0.2, 0.25) is 5.91 Å². The molecule has 9 heteroatoms. The molecule has 172 valence electrons. The van der Waals surface area contributed by atoms with Gasteiger partial charge in [-0.15, -0.1) is 11.3 Å². The smallest absolute Gasteiger partial charge is 0.259 e. The monoisotopic (exact) mass is 475 g/mol. The van der Waals surface area contributed by atoms with E-state index in [0.29, 0.717) is 62.6 Å². The Hall–Kier alpha value is -2.26. The first-order chi connectivity index (χ1) is 15.6. The highest BCUT2D eigenvalue weighted by Crippen LogP contribution is 2.26. The maximum Gasteiger partial charge on any atom is 0.259 e. The minimum absolute atomic E-state index is 0.0818. The molecule has 2 aliphatic heterocycles. The summed E-state index contributed by atoms with van der Waals surface area (Å²) in [5, 5.41) is 2.05. The number of ether oxygens (including phenoxy) is 1. The number of hydrogen-bond donors (Lipinski definition) is 0. The van der Waals surface area contributed by atoms with Crippen LogP contribution in [0.1, 0.15) is 33.8 Å². The van der Waals surface area contributed by atoms with Crippen LogP contribution < -0.4 is 10.3 Å². The first-order valence-electron chi connectivity index (χ1n) is 11.1. The van der Waals surface area contributed by atoms with Crippen LogP contribution in [0.15, 0.2) is 28.4 Å². The summed E-state index contributed by atoms with van der Waals surface area (Å²) < 4.78 is 7.12. The molecule has 2 aromatic rings. The lowest BCUT2D eigenvalue weighted by Gasteiger charge is -2.28. The number of carbonyl (C=O) groups excluding carboxylic acids is 2. The molecule has 0 aromatic carbocycles. The summed E-state index contributed by atoms with van der Waals surface area (Å²) in [6, 6.07) is 5.53. The van der Waals surface area contributed by atoms with E-state index in [0.717, 1.165) is 24.3 Å². The van der Waals surface area contributed by atoms with Crippen LogP contribution >= 0.6 is 23.1 Å². The predicted octanol–water partition coefficient (Wildman–Crippen LogP) is 2.52. The fourth-order valence-electron chi connectivity index (χ4n) is 4.34. The van der Waals surface area contributed by atoms with Gasteiger partial charge in [-0.25, -0.2) is 0 Å². The SMILES string of the molecule is COc1cc(=O)n2c(c1C(=O)N1CCSCC1)CCN(C(=O)CCCc1cccs1)CC2. The average Bonchev–Trinajstić information content (AvgIpc) is 3.23. The summed E-state index contributed by atoms with van der Waals surface area (Å²) in [5.41, 5.74) is 0.979. The average molecular weight is 476 g/mol. The summed E-state index contributed by atoms with van der Waals surface area (Å²) in [4.78, 5) is 44.0. The summed E-state index contributed by atoms with van der Waals surface area (Å²) in [6.07, 6.45) is 2.67. The molecule has 0 bridgehead atoms. The molecule has 0 unspecified atom stereocenters. The molecule has 1 fully saturated rings. The number of carbonyl (C=O) groups is 2. The minimum atomic E-state index is -0.186. The number of thioether (sulfide) groups is 1. The van der Waals surface area contributed by atoms with Gasteiger partial charge in [0.25, 0.3) is 11.5 Å². The molecular formula is C23H29N3O4S2. The second-order valence-electron chi connectivity index (χ2n) is 7.99. The number of nitrogens with zero attached hydrogens (tertiary/aromatic N) is 3. The molecule has 2 aliphatic rings. The van der Waals surface area contributed by atoms with Crippen molar-refractivity contribution >= 4 is 34.9 Å². The van der Waals surface area contributed by atoms with E-state index in [1.54, 1.807) is 15.9 Å². The lowest BCUT2D eigenvalue weighted by molar-refractivity contribution is -0.131. The number of rotatable bonds is 6. The maximum absolute atomic E-state index is 13.4. The lowest BCUT2D eigenvalue weighted by atomic mass is 10.1. The van der Waals surface area contributed by atoms with Crippen molar-refractivity contribution in [3.63, 3.8) is 0 Å². The van der Waals surface area contributed by atoms with Gasteiger partial charge in [0.15, 0.2) is 0 Å². The number of hydrogen-bond acceptors (Lipinski definition) is 6. The summed E-state index contributed by atoms with van der Waals surface area (Å²) in [6.45, 7) is 2.76. The van der Waals surface area contributed by atoms with Crippen molar-refractivity contribution in [2.45, 2.75) is 32.2 Å². The Morgan fingerprint density at radius 1 is 1.09 bits per heavy atom. The van der Waals surface area contributed by atoms with Gasteiger partial charge in [0.1, 0.15) is 11.3 Å². The molecule has 32 heavy (non-hydrogen) atoms. The van der Waals surface area contributed by atoms with Gasteiger partial charge in [-0.3, -0.25) is 14.4 Å². The molecule has 2 amide bonds. The van der Waals surface area contributed by atoms with Crippen molar-refractivity contribution < 1.29 is 14.3 Å². The number of methoxy groups -OCH3 is 1. The standard InChI is InChI=1S/C23H29N3O4S2/c1-30-19-16-21(28)26-10-9-24(20(27)6-2-4-17-5-3-13-32-17)8-7-18(26)22(19)23(29)25-11-14-31-15-12-25/h3,5,13,16H,2,4,6-12,14-15H2,1H3. The molecule has 7 nitrogen and oxygen atoms in total. The van der Waals surface area contributed by atoms with Crippen LogP contribution in [0.5, 0.6) is 5.75 Å². The highest BCUT2D eigenvalue weighted by Gasteiger charge is 2.29. The fourth-order valence-corrected chi connectivity index (χ4v) is 6.00. The van der Waals surface area contributed by atoms with Gasteiger partial charge in [0.05, 0.1) is 7.11 Å². The molecular weight excluding hydrogens is 446 g/mol. The van der Waals surface area contributed by atoms with Gasteiger partial charge in [-0.1, -0.05) is 6.07 Å². The van der Waals surface area contributed by atoms with E-state index < -0.39 is 0 Å². The normalized spacial score (nSPS) is 16.4. The Morgan fingerprint density at radius 2 is 1.91 bits per heavy atom. The zero-order chi connectivity index (χ0) is 22.5. The van der Waals surface area contributed by atoms with Gasteiger partial charge in [-0.05, 0) is 24.3 Å². The van der Waals surface area contributed by atoms with E-state index in [1.165, 1.54) is 18.1 Å². The topological polar surface area (TPSA) is 71.8 Å². The van der Waals surface area contributed by atoms with Crippen LogP contribution in [-0.4, -0.2) is 71.0 Å². The Labute approximate surface area is 196 Å². The molecule has 0 saturated carbocycles. The van der Waals surface area contributed by atoms with Gasteiger partial charge >= 0.3 is 0 Å². The number of aromatic nitrogens is 1. The Morgan fingerprint density at radius 3 is 2.62 bits per heavy atom. The number of amides is 2. The fraction of sp³-hybridized carbons (Fsp3) is 0.522. The number of aryl methyl sites for hydroxylation is 1.